The zero-order chi connectivity index (χ0) is 28.5. The van der Waals surface area contributed by atoms with Crippen LogP contribution in [-0.4, -0.2) is 56.7 Å². The van der Waals surface area contributed by atoms with Crippen molar-refractivity contribution in [2.24, 2.45) is 5.92 Å². The number of hydrogen-bond acceptors (Lipinski definition) is 8. The van der Waals surface area contributed by atoms with Crippen molar-refractivity contribution in [3.05, 3.63) is 82.5 Å². The molecule has 3 aromatic rings. The summed E-state index contributed by atoms with van der Waals surface area (Å²) >= 11 is 0. The number of pyridine rings is 1. The molecule has 0 saturated carbocycles. The minimum absolute atomic E-state index is 0.0310. The molecule has 210 valence electrons. The van der Waals surface area contributed by atoms with Crippen LogP contribution in [0.3, 0.4) is 0 Å². The minimum Gasteiger partial charge on any atom is -0.481 e. The molecule has 1 aliphatic rings. The standard InChI is InChI=1S/C28H32N6O6/c1-19-16-34(17-22(15-24(35)36)30-28(39)40-18-20-7-3-2-4-8-20)27(38)32-25(19)33-13-10-21(11-14-33)26(37)31-23-9-5-6-12-29-23/h2-9,12,16,21-22H,10-11,13-15,17-18H2,1H3,(H,30,39)(H,35,36)(H,29,31,37). The molecule has 1 saturated heterocycles. The van der Waals surface area contributed by atoms with Gasteiger partial charge in [0.1, 0.15) is 18.2 Å². The largest absolute Gasteiger partial charge is 0.481 e. The van der Waals surface area contributed by atoms with Crippen molar-refractivity contribution < 1.29 is 24.2 Å². The third-order valence-electron chi connectivity index (χ3n) is 6.60. The number of alkyl carbamates (subject to hydrolysis) is 1. The number of benzene rings is 1. The molecule has 1 unspecified atom stereocenters. The number of aromatic nitrogens is 3. The highest BCUT2D eigenvalue weighted by Gasteiger charge is 2.27. The number of piperidine rings is 1. The lowest BCUT2D eigenvalue weighted by Crippen LogP contribution is -2.43. The maximum atomic E-state index is 12.9. The van der Waals surface area contributed by atoms with Crippen LogP contribution >= 0.6 is 0 Å². The molecule has 1 aliphatic heterocycles. The van der Waals surface area contributed by atoms with E-state index in [2.05, 4.69) is 20.6 Å². The molecule has 3 N–H and O–H groups in total. The van der Waals surface area contributed by atoms with E-state index in [4.69, 9.17) is 4.74 Å². The summed E-state index contributed by atoms with van der Waals surface area (Å²) in [7, 11) is 0. The number of aryl methyl sites for hydroxylation is 1. The van der Waals surface area contributed by atoms with Gasteiger partial charge >= 0.3 is 17.8 Å². The monoisotopic (exact) mass is 548 g/mol. The number of amides is 2. The zero-order valence-corrected chi connectivity index (χ0v) is 22.2. The van der Waals surface area contributed by atoms with Gasteiger partial charge in [0.25, 0.3) is 0 Å². The molecular weight excluding hydrogens is 516 g/mol. The van der Waals surface area contributed by atoms with Gasteiger partial charge in [-0.1, -0.05) is 36.4 Å². The van der Waals surface area contributed by atoms with Gasteiger partial charge in [-0.15, -0.1) is 0 Å². The smallest absolute Gasteiger partial charge is 0.407 e. The van der Waals surface area contributed by atoms with E-state index in [0.29, 0.717) is 37.6 Å². The van der Waals surface area contributed by atoms with Gasteiger partial charge in [-0.2, -0.15) is 4.98 Å². The highest BCUT2D eigenvalue weighted by atomic mass is 16.5. The number of nitrogens with one attached hydrogen (secondary N) is 2. The second-order valence-electron chi connectivity index (χ2n) is 9.65. The average Bonchev–Trinajstić information content (AvgIpc) is 2.94. The van der Waals surface area contributed by atoms with E-state index in [9.17, 15) is 24.3 Å². The van der Waals surface area contributed by atoms with Crippen LogP contribution < -0.4 is 21.2 Å². The lowest BCUT2D eigenvalue weighted by atomic mass is 9.95. The number of carboxylic acid groups (broad SMARTS) is 1. The predicted octanol–water partition coefficient (Wildman–Crippen LogP) is 2.57. The molecule has 0 spiro atoms. The van der Waals surface area contributed by atoms with Crippen LogP contribution in [0.25, 0.3) is 0 Å². The van der Waals surface area contributed by atoms with E-state index in [0.717, 1.165) is 11.1 Å². The fourth-order valence-corrected chi connectivity index (χ4v) is 4.60. The lowest BCUT2D eigenvalue weighted by molar-refractivity contribution is -0.137. The molecule has 1 atom stereocenters. The predicted molar refractivity (Wildman–Crippen MR) is 147 cm³/mol. The first-order chi connectivity index (χ1) is 19.3. The number of rotatable bonds is 10. The third-order valence-corrected chi connectivity index (χ3v) is 6.60. The van der Waals surface area contributed by atoms with E-state index in [1.165, 1.54) is 4.57 Å². The Balaban J connectivity index is 1.35. The molecular formula is C28H32N6O6. The Bertz CT molecular complexity index is 1370. The first-order valence-corrected chi connectivity index (χ1v) is 13.0. The van der Waals surface area contributed by atoms with Crippen LogP contribution in [0.5, 0.6) is 0 Å². The zero-order valence-electron chi connectivity index (χ0n) is 22.2. The second kappa shape index (κ2) is 13.4. The molecule has 40 heavy (non-hydrogen) atoms. The Hall–Kier alpha value is -4.74. The van der Waals surface area contributed by atoms with Crippen molar-refractivity contribution in [2.75, 3.05) is 23.3 Å². The summed E-state index contributed by atoms with van der Waals surface area (Å²) < 4.78 is 6.49. The van der Waals surface area contributed by atoms with Crippen molar-refractivity contribution in [1.82, 2.24) is 19.9 Å². The summed E-state index contributed by atoms with van der Waals surface area (Å²) in [6.45, 7) is 2.85. The van der Waals surface area contributed by atoms with Crippen LogP contribution in [0.4, 0.5) is 16.4 Å². The van der Waals surface area contributed by atoms with Gasteiger partial charge < -0.3 is 25.4 Å². The fourth-order valence-electron chi connectivity index (χ4n) is 4.60. The number of carbonyl (C=O) groups excluding carboxylic acids is 2. The Morgan fingerprint density at radius 1 is 1.10 bits per heavy atom. The third kappa shape index (κ3) is 7.88. The van der Waals surface area contributed by atoms with Gasteiger partial charge in [-0.3, -0.25) is 14.2 Å². The quantitative estimate of drug-likeness (QED) is 0.347. The molecule has 2 amide bonds. The highest BCUT2D eigenvalue weighted by Crippen LogP contribution is 2.24. The number of carboxylic acids is 1. The summed E-state index contributed by atoms with van der Waals surface area (Å²) in [6, 6.07) is 13.5. The van der Waals surface area contributed by atoms with Gasteiger partial charge in [0, 0.05) is 43.5 Å². The van der Waals surface area contributed by atoms with Crippen LogP contribution in [0.1, 0.15) is 30.4 Å². The lowest BCUT2D eigenvalue weighted by Gasteiger charge is -2.33. The van der Waals surface area contributed by atoms with E-state index < -0.39 is 30.2 Å². The van der Waals surface area contributed by atoms with Crippen LogP contribution in [0.2, 0.25) is 0 Å². The Morgan fingerprint density at radius 2 is 1.82 bits per heavy atom. The number of ether oxygens (including phenoxy) is 1. The Morgan fingerprint density at radius 3 is 2.50 bits per heavy atom. The fraction of sp³-hybridized carbons (Fsp3) is 0.357. The van der Waals surface area contributed by atoms with Gasteiger partial charge in [-0.25, -0.2) is 14.6 Å². The van der Waals surface area contributed by atoms with Crippen molar-refractivity contribution in [1.29, 1.82) is 0 Å². The van der Waals surface area contributed by atoms with Crippen LogP contribution in [-0.2, 0) is 27.5 Å². The van der Waals surface area contributed by atoms with E-state index in [1.54, 1.807) is 42.7 Å². The van der Waals surface area contributed by atoms with Crippen LogP contribution in [0, 0.1) is 12.8 Å². The van der Waals surface area contributed by atoms with Crippen molar-refractivity contribution in [3.63, 3.8) is 0 Å². The number of carbonyl (C=O) groups is 3. The SMILES string of the molecule is Cc1cn(CC(CC(=O)O)NC(=O)OCc2ccccc2)c(=O)nc1N1CCC(C(=O)Nc2ccccn2)CC1. The summed E-state index contributed by atoms with van der Waals surface area (Å²) in [5.74, 6) is -0.357. The summed E-state index contributed by atoms with van der Waals surface area (Å²) in [5.41, 5.74) is 0.944. The van der Waals surface area contributed by atoms with Crippen LogP contribution in [0.15, 0.2) is 65.7 Å². The van der Waals surface area contributed by atoms with E-state index in [-0.39, 0.29) is 25.0 Å². The Labute approximate surface area is 231 Å². The number of hydrogen-bond donors (Lipinski definition) is 3. The Kier molecular flexibility index (Phi) is 9.44. The van der Waals surface area contributed by atoms with Crippen molar-refractivity contribution in [3.8, 4) is 0 Å². The summed E-state index contributed by atoms with van der Waals surface area (Å²) in [6.07, 6.45) is 3.24. The molecule has 0 aliphatic carbocycles. The van der Waals surface area contributed by atoms with Crippen molar-refractivity contribution >= 4 is 29.6 Å². The second-order valence-corrected chi connectivity index (χ2v) is 9.65. The number of aliphatic carboxylic acids is 1. The minimum atomic E-state index is -1.13. The van der Waals surface area contributed by atoms with Gasteiger partial charge in [0.15, 0.2) is 0 Å². The highest BCUT2D eigenvalue weighted by molar-refractivity contribution is 5.91. The van der Waals surface area contributed by atoms with Gasteiger partial charge in [0.2, 0.25) is 5.91 Å². The summed E-state index contributed by atoms with van der Waals surface area (Å²) in [4.78, 5) is 59.6. The molecule has 4 rings (SSSR count). The molecule has 0 radical (unpaired) electrons. The topological polar surface area (TPSA) is 156 Å². The first-order valence-electron chi connectivity index (χ1n) is 13.0. The van der Waals surface area contributed by atoms with Gasteiger partial charge in [-0.05, 0) is 37.5 Å². The maximum absolute atomic E-state index is 12.9. The molecule has 1 aromatic carbocycles. The molecule has 0 bridgehead atoms. The van der Waals surface area contributed by atoms with Gasteiger partial charge in [0.05, 0.1) is 12.5 Å². The molecule has 12 heteroatoms. The average molecular weight is 549 g/mol. The summed E-state index contributed by atoms with van der Waals surface area (Å²) in [5, 5.41) is 14.7. The molecule has 2 aromatic heterocycles. The normalized spacial score (nSPS) is 14.3. The molecule has 1 fully saturated rings. The van der Waals surface area contributed by atoms with E-state index in [1.807, 2.05) is 30.0 Å². The first kappa shape index (κ1) is 28.3. The molecule has 3 heterocycles. The van der Waals surface area contributed by atoms with Crippen molar-refractivity contribution in [2.45, 2.75) is 45.4 Å². The van der Waals surface area contributed by atoms with E-state index >= 15 is 0 Å². The number of nitrogens with zero attached hydrogens (tertiary/aromatic N) is 4. The maximum Gasteiger partial charge on any atom is 0.407 e. The molecule has 12 nitrogen and oxygen atoms in total. The number of anilines is 2.